The van der Waals surface area contributed by atoms with E-state index in [-0.39, 0.29) is 11.9 Å². The van der Waals surface area contributed by atoms with Crippen molar-refractivity contribution in [3.05, 3.63) is 18.2 Å². The predicted octanol–water partition coefficient (Wildman–Crippen LogP) is -1.33. The summed E-state index contributed by atoms with van der Waals surface area (Å²) in [5.74, 6) is -0.749. The molecular formula is C11H17N5O2. The SMILES string of the molecule is NC(Cc1cnc[nH]1)C(=O)NC(=O)[C@@H]1CCCN1. The monoisotopic (exact) mass is 251 g/mol. The number of aromatic amines is 1. The van der Waals surface area contributed by atoms with Crippen LogP contribution in [0.25, 0.3) is 0 Å². The van der Waals surface area contributed by atoms with Gasteiger partial charge in [0.1, 0.15) is 0 Å². The number of imidazole rings is 1. The van der Waals surface area contributed by atoms with E-state index in [1.165, 1.54) is 6.33 Å². The van der Waals surface area contributed by atoms with E-state index in [1.807, 2.05) is 0 Å². The van der Waals surface area contributed by atoms with Crippen molar-refractivity contribution in [2.24, 2.45) is 5.73 Å². The highest BCUT2D eigenvalue weighted by atomic mass is 16.2. The normalized spacial score (nSPS) is 20.6. The van der Waals surface area contributed by atoms with Gasteiger partial charge in [0.05, 0.1) is 18.4 Å². The second-order valence-corrected chi connectivity index (χ2v) is 4.39. The molecule has 0 spiro atoms. The molecule has 5 N–H and O–H groups in total. The number of carbonyl (C=O) groups is 2. The highest BCUT2D eigenvalue weighted by molar-refractivity contribution is 6.00. The predicted molar refractivity (Wildman–Crippen MR) is 64.4 cm³/mol. The van der Waals surface area contributed by atoms with E-state index < -0.39 is 11.9 Å². The molecule has 1 aromatic rings. The maximum atomic E-state index is 11.7. The molecule has 1 aliphatic rings. The summed E-state index contributed by atoms with van der Waals surface area (Å²) >= 11 is 0. The van der Waals surface area contributed by atoms with Gasteiger partial charge in [-0.1, -0.05) is 0 Å². The smallest absolute Gasteiger partial charge is 0.243 e. The Morgan fingerprint density at radius 1 is 1.61 bits per heavy atom. The molecule has 0 saturated carbocycles. The van der Waals surface area contributed by atoms with E-state index >= 15 is 0 Å². The fourth-order valence-electron chi connectivity index (χ4n) is 1.94. The molecule has 0 radical (unpaired) electrons. The van der Waals surface area contributed by atoms with Crippen LogP contribution in [0, 0.1) is 0 Å². The number of nitrogens with zero attached hydrogens (tertiary/aromatic N) is 1. The quantitative estimate of drug-likeness (QED) is 0.530. The molecule has 1 fully saturated rings. The molecule has 2 atom stereocenters. The van der Waals surface area contributed by atoms with Crippen LogP contribution in [0.15, 0.2) is 12.5 Å². The molecule has 1 unspecified atom stereocenters. The van der Waals surface area contributed by atoms with E-state index in [9.17, 15) is 9.59 Å². The fourth-order valence-corrected chi connectivity index (χ4v) is 1.94. The highest BCUT2D eigenvalue weighted by Gasteiger charge is 2.25. The lowest BCUT2D eigenvalue weighted by atomic mass is 10.1. The second-order valence-electron chi connectivity index (χ2n) is 4.39. The minimum atomic E-state index is -0.754. The summed E-state index contributed by atoms with van der Waals surface area (Å²) < 4.78 is 0. The molecule has 7 nitrogen and oxygen atoms in total. The number of aromatic nitrogens is 2. The minimum Gasteiger partial charge on any atom is -0.348 e. The van der Waals surface area contributed by atoms with E-state index in [4.69, 9.17) is 5.73 Å². The van der Waals surface area contributed by atoms with Crippen molar-refractivity contribution in [3.8, 4) is 0 Å². The van der Waals surface area contributed by atoms with E-state index in [0.717, 1.165) is 25.1 Å². The van der Waals surface area contributed by atoms with Crippen molar-refractivity contribution in [1.82, 2.24) is 20.6 Å². The van der Waals surface area contributed by atoms with Crippen molar-refractivity contribution < 1.29 is 9.59 Å². The molecule has 0 bridgehead atoms. The summed E-state index contributed by atoms with van der Waals surface area (Å²) in [4.78, 5) is 30.1. The molecule has 1 aliphatic heterocycles. The molecule has 0 aromatic carbocycles. The van der Waals surface area contributed by atoms with Crippen LogP contribution < -0.4 is 16.4 Å². The summed E-state index contributed by atoms with van der Waals surface area (Å²) in [6.45, 7) is 0.812. The molecule has 2 heterocycles. The summed E-state index contributed by atoms with van der Waals surface area (Å²) in [5, 5.41) is 5.36. The number of nitrogens with two attached hydrogens (primary N) is 1. The number of hydrogen-bond acceptors (Lipinski definition) is 5. The Balaban J connectivity index is 1.81. The number of nitrogens with one attached hydrogen (secondary N) is 3. The lowest BCUT2D eigenvalue weighted by molar-refractivity contribution is -0.132. The second kappa shape index (κ2) is 5.74. The van der Waals surface area contributed by atoms with Crippen LogP contribution in [-0.4, -0.2) is 40.4 Å². The largest absolute Gasteiger partial charge is 0.348 e. The first-order valence-corrected chi connectivity index (χ1v) is 5.97. The summed E-state index contributed by atoms with van der Waals surface area (Å²) in [6.07, 6.45) is 5.17. The van der Waals surface area contributed by atoms with Gasteiger partial charge in [0.25, 0.3) is 0 Å². The fraction of sp³-hybridized carbons (Fsp3) is 0.545. The van der Waals surface area contributed by atoms with Crippen LogP contribution >= 0.6 is 0 Å². The van der Waals surface area contributed by atoms with Gasteiger partial charge in [-0.25, -0.2) is 4.98 Å². The molecular weight excluding hydrogens is 234 g/mol. The topological polar surface area (TPSA) is 113 Å². The third-order valence-corrected chi connectivity index (χ3v) is 2.95. The maximum absolute atomic E-state index is 11.7. The third-order valence-electron chi connectivity index (χ3n) is 2.95. The zero-order valence-corrected chi connectivity index (χ0v) is 9.98. The van der Waals surface area contributed by atoms with Gasteiger partial charge >= 0.3 is 0 Å². The Morgan fingerprint density at radius 2 is 2.44 bits per heavy atom. The van der Waals surface area contributed by atoms with Gasteiger partial charge in [-0.3, -0.25) is 14.9 Å². The van der Waals surface area contributed by atoms with Gasteiger partial charge in [0.15, 0.2) is 0 Å². The van der Waals surface area contributed by atoms with Crippen LogP contribution in [0.5, 0.6) is 0 Å². The van der Waals surface area contributed by atoms with Crippen LogP contribution in [0.4, 0.5) is 0 Å². The molecule has 2 rings (SSSR count). The van der Waals surface area contributed by atoms with Crippen molar-refractivity contribution in [2.75, 3.05) is 6.54 Å². The van der Waals surface area contributed by atoms with Crippen LogP contribution in [-0.2, 0) is 16.0 Å². The number of imide groups is 1. The first-order chi connectivity index (χ1) is 8.66. The van der Waals surface area contributed by atoms with Crippen LogP contribution in [0.1, 0.15) is 18.5 Å². The summed E-state index contributed by atoms with van der Waals surface area (Å²) in [5.41, 5.74) is 6.49. The Labute approximate surface area is 105 Å². The van der Waals surface area contributed by atoms with Gasteiger partial charge in [-0.05, 0) is 19.4 Å². The van der Waals surface area contributed by atoms with Gasteiger partial charge in [-0.2, -0.15) is 0 Å². The highest BCUT2D eigenvalue weighted by Crippen LogP contribution is 2.04. The average molecular weight is 251 g/mol. The molecule has 18 heavy (non-hydrogen) atoms. The molecule has 98 valence electrons. The van der Waals surface area contributed by atoms with Gasteiger partial charge in [-0.15, -0.1) is 0 Å². The van der Waals surface area contributed by atoms with Crippen LogP contribution in [0.3, 0.4) is 0 Å². The van der Waals surface area contributed by atoms with E-state index in [0.29, 0.717) is 6.42 Å². The van der Waals surface area contributed by atoms with Crippen molar-refractivity contribution >= 4 is 11.8 Å². The minimum absolute atomic E-state index is 0.270. The summed E-state index contributed by atoms with van der Waals surface area (Å²) in [6, 6.07) is -1.02. The van der Waals surface area contributed by atoms with Crippen molar-refractivity contribution in [3.63, 3.8) is 0 Å². The Morgan fingerprint density at radius 3 is 3.06 bits per heavy atom. The standard InChI is InChI=1S/C11H17N5O2/c12-8(4-7-5-13-6-15-7)10(17)16-11(18)9-2-1-3-14-9/h5-6,8-9,14H,1-4,12H2,(H,13,15)(H,16,17,18)/t8?,9-/m0/s1. The molecule has 7 heteroatoms. The number of rotatable bonds is 4. The molecule has 1 saturated heterocycles. The Bertz CT molecular complexity index is 411. The number of carbonyl (C=O) groups excluding carboxylic acids is 2. The first kappa shape index (κ1) is 12.7. The first-order valence-electron chi connectivity index (χ1n) is 5.97. The Hall–Kier alpha value is -1.73. The third kappa shape index (κ3) is 3.14. The number of H-pyrrole nitrogens is 1. The summed E-state index contributed by atoms with van der Waals surface area (Å²) in [7, 11) is 0. The van der Waals surface area contributed by atoms with Crippen molar-refractivity contribution in [2.45, 2.75) is 31.3 Å². The Kier molecular flexibility index (Phi) is 4.06. The molecule has 1 aromatic heterocycles. The van der Waals surface area contributed by atoms with Crippen LogP contribution in [0.2, 0.25) is 0 Å². The lowest BCUT2D eigenvalue weighted by Crippen LogP contribution is -2.49. The zero-order valence-electron chi connectivity index (χ0n) is 9.98. The number of amides is 2. The van der Waals surface area contributed by atoms with E-state index in [1.54, 1.807) is 6.20 Å². The number of hydrogen-bond donors (Lipinski definition) is 4. The van der Waals surface area contributed by atoms with Gasteiger partial charge in [0.2, 0.25) is 11.8 Å². The van der Waals surface area contributed by atoms with Gasteiger partial charge < -0.3 is 16.0 Å². The lowest BCUT2D eigenvalue weighted by Gasteiger charge is -2.13. The average Bonchev–Trinajstić information content (AvgIpc) is 3.01. The van der Waals surface area contributed by atoms with E-state index in [2.05, 4.69) is 20.6 Å². The van der Waals surface area contributed by atoms with Gasteiger partial charge in [0, 0.05) is 18.3 Å². The maximum Gasteiger partial charge on any atom is 0.243 e. The molecule has 0 aliphatic carbocycles. The molecule has 2 amide bonds. The van der Waals surface area contributed by atoms with Crippen molar-refractivity contribution in [1.29, 1.82) is 0 Å². The zero-order chi connectivity index (χ0) is 13.0.